The van der Waals surface area contributed by atoms with E-state index in [9.17, 15) is 13.2 Å². The van der Waals surface area contributed by atoms with Crippen LogP contribution >= 0.6 is 0 Å². The lowest BCUT2D eigenvalue weighted by atomic mass is 10.2. The Hall–Kier alpha value is -3.53. The van der Waals surface area contributed by atoms with E-state index in [2.05, 4.69) is 20.3 Å². The number of anilines is 3. The number of nitrogens with two attached hydrogens (primary N) is 1. The highest BCUT2D eigenvalue weighted by molar-refractivity contribution is 7.90. The number of hydrogen-bond donors (Lipinski definition) is 2. The van der Waals surface area contributed by atoms with Gasteiger partial charge in [-0.05, 0) is 30.3 Å². The maximum atomic E-state index is 12.2. The van der Waals surface area contributed by atoms with Gasteiger partial charge in [-0.15, -0.1) is 0 Å². The number of ether oxygens (including phenoxy) is 1. The van der Waals surface area contributed by atoms with Crippen LogP contribution < -0.4 is 11.1 Å². The molecule has 28 heavy (non-hydrogen) atoms. The molecule has 0 saturated carbocycles. The van der Waals surface area contributed by atoms with E-state index in [4.69, 9.17) is 10.5 Å². The first-order valence-electron chi connectivity index (χ1n) is 8.11. The van der Waals surface area contributed by atoms with E-state index in [0.29, 0.717) is 0 Å². The molecular weight excluding hydrogens is 382 g/mol. The fraction of sp³-hybridized carbons (Fsp3) is 0.111. The summed E-state index contributed by atoms with van der Waals surface area (Å²) in [5.41, 5.74) is 6.55. The van der Waals surface area contributed by atoms with Gasteiger partial charge in [-0.3, -0.25) is 0 Å². The summed E-state index contributed by atoms with van der Waals surface area (Å²) in [6.45, 7) is -0.252. The second-order valence-electron chi connectivity index (χ2n) is 5.80. The minimum Gasteiger partial charge on any atom is -0.454 e. The number of rotatable bonds is 6. The molecule has 9 nitrogen and oxygen atoms in total. The van der Waals surface area contributed by atoms with Crippen LogP contribution in [-0.2, 0) is 21.2 Å². The van der Waals surface area contributed by atoms with E-state index >= 15 is 0 Å². The zero-order valence-electron chi connectivity index (χ0n) is 14.9. The summed E-state index contributed by atoms with van der Waals surface area (Å²) >= 11 is 0. The second-order valence-corrected chi connectivity index (χ2v) is 7.82. The number of carbonyl (C=O) groups is 1. The molecule has 3 N–H and O–H groups in total. The lowest BCUT2D eigenvalue weighted by molar-refractivity contribution is 0.0462. The molecule has 0 bridgehead atoms. The Bertz CT molecular complexity index is 1100. The van der Waals surface area contributed by atoms with Crippen molar-refractivity contribution in [1.29, 1.82) is 0 Å². The van der Waals surface area contributed by atoms with E-state index in [1.54, 1.807) is 0 Å². The van der Waals surface area contributed by atoms with Crippen molar-refractivity contribution in [1.82, 2.24) is 15.0 Å². The second kappa shape index (κ2) is 8.01. The standard InChI is InChI=1S/C18H17N5O4S/c1-28(25,26)14-9-5-6-12(10-14)16(24)27-11-15-21-17(19)23-18(22-15)20-13-7-3-2-4-8-13/h2-10H,11H2,1H3,(H3,19,20,21,22,23). The van der Waals surface area contributed by atoms with Crippen molar-refractivity contribution < 1.29 is 17.9 Å². The predicted molar refractivity (Wildman–Crippen MR) is 103 cm³/mol. The van der Waals surface area contributed by atoms with E-state index < -0.39 is 15.8 Å². The van der Waals surface area contributed by atoms with E-state index in [-0.39, 0.29) is 34.8 Å². The molecule has 1 heterocycles. The van der Waals surface area contributed by atoms with Crippen LogP contribution in [-0.4, -0.2) is 35.6 Å². The molecule has 1 aromatic heterocycles. The van der Waals surface area contributed by atoms with Crippen LogP contribution in [0.15, 0.2) is 59.5 Å². The lowest BCUT2D eigenvalue weighted by Crippen LogP contribution is -2.11. The van der Waals surface area contributed by atoms with Crippen LogP contribution in [0.5, 0.6) is 0 Å². The summed E-state index contributed by atoms with van der Waals surface area (Å²) in [5.74, 6) is -0.372. The van der Waals surface area contributed by atoms with Crippen LogP contribution in [0.1, 0.15) is 16.2 Å². The quantitative estimate of drug-likeness (QED) is 0.596. The number of sulfone groups is 1. The van der Waals surface area contributed by atoms with Crippen molar-refractivity contribution in [2.45, 2.75) is 11.5 Å². The van der Waals surface area contributed by atoms with Crippen molar-refractivity contribution in [3.8, 4) is 0 Å². The Morgan fingerprint density at radius 3 is 2.54 bits per heavy atom. The third kappa shape index (κ3) is 5.01. The van der Waals surface area contributed by atoms with E-state index in [1.165, 1.54) is 24.3 Å². The number of nitrogen functional groups attached to an aromatic ring is 1. The summed E-state index contributed by atoms with van der Waals surface area (Å²) in [4.78, 5) is 24.3. The molecule has 0 aliphatic carbocycles. The molecule has 0 atom stereocenters. The highest BCUT2D eigenvalue weighted by Crippen LogP contribution is 2.15. The molecule has 0 spiro atoms. The number of benzene rings is 2. The molecule has 0 saturated heterocycles. The average Bonchev–Trinajstić information content (AvgIpc) is 2.66. The Morgan fingerprint density at radius 2 is 1.82 bits per heavy atom. The molecule has 10 heteroatoms. The Kier molecular flexibility index (Phi) is 5.50. The number of nitrogens with one attached hydrogen (secondary N) is 1. The Morgan fingerprint density at radius 1 is 1.07 bits per heavy atom. The Labute approximate surface area is 161 Å². The molecule has 0 fully saturated rings. The van der Waals surface area contributed by atoms with Crippen molar-refractivity contribution in [3.05, 3.63) is 66.0 Å². The lowest BCUT2D eigenvalue weighted by Gasteiger charge is -2.08. The average molecular weight is 399 g/mol. The molecule has 0 aliphatic heterocycles. The number of para-hydroxylation sites is 1. The third-order valence-electron chi connectivity index (χ3n) is 3.56. The highest BCUT2D eigenvalue weighted by Gasteiger charge is 2.14. The van der Waals surface area contributed by atoms with Gasteiger partial charge in [-0.2, -0.15) is 15.0 Å². The summed E-state index contributed by atoms with van der Waals surface area (Å²) in [6.07, 6.45) is 1.06. The van der Waals surface area contributed by atoms with Gasteiger partial charge in [0.25, 0.3) is 0 Å². The molecule has 0 aliphatic rings. The van der Waals surface area contributed by atoms with Crippen LogP contribution in [0.25, 0.3) is 0 Å². The van der Waals surface area contributed by atoms with Gasteiger partial charge in [-0.1, -0.05) is 24.3 Å². The van der Waals surface area contributed by atoms with Crippen LogP contribution in [0.2, 0.25) is 0 Å². The van der Waals surface area contributed by atoms with Crippen LogP contribution in [0.3, 0.4) is 0 Å². The molecule has 2 aromatic carbocycles. The van der Waals surface area contributed by atoms with Gasteiger partial charge in [0.1, 0.15) is 0 Å². The van der Waals surface area contributed by atoms with Gasteiger partial charge in [-0.25, -0.2) is 13.2 Å². The molecular formula is C18H17N5O4S. The summed E-state index contributed by atoms with van der Waals surface area (Å²) in [7, 11) is -3.43. The normalized spacial score (nSPS) is 11.0. The maximum Gasteiger partial charge on any atom is 0.338 e. The van der Waals surface area contributed by atoms with Crippen LogP contribution in [0.4, 0.5) is 17.6 Å². The first kappa shape index (κ1) is 19.2. The van der Waals surface area contributed by atoms with E-state index in [1.807, 2.05) is 30.3 Å². The van der Waals surface area contributed by atoms with Crippen LogP contribution in [0, 0.1) is 0 Å². The van der Waals surface area contributed by atoms with Gasteiger partial charge in [0.05, 0.1) is 10.5 Å². The third-order valence-corrected chi connectivity index (χ3v) is 4.67. The van der Waals surface area contributed by atoms with Gasteiger partial charge >= 0.3 is 5.97 Å². The summed E-state index contributed by atoms with van der Waals surface area (Å²) < 4.78 is 28.4. The first-order valence-corrected chi connectivity index (χ1v) is 10.00. The Balaban J connectivity index is 1.71. The molecule has 0 unspecified atom stereocenters. The molecule has 0 amide bonds. The zero-order valence-corrected chi connectivity index (χ0v) is 15.7. The maximum absolute atomic E-state index is 12.2. The smallest absolute Gasteiger partial charge is 0.338 e. The minimum atomic E-state index is -3.43. The minimum absolute atomic E-state index is 0.0284. The number of hydrogen-bond acceptors (Lipinski definition) is 9. The zero-order chi connectivity index (χ0) is 20.1. The highest BCUT2D eigenvalue weighted by atomic mass is 32.2. The van der Waals surface area contributed by atoms with Crippen molar-refractivity contribution in [3.63, 3.8) is 0 Å². The number of esters is 1. The molecule has 0 radical (unpaired) electrons. The summed E-state index contributed by atoms with van der Waals surface area (Å²) in [6, 6.07) is 14.8. The van der Waals surface area contributed by atoms with Gasteiger partial charge < -0.3 is 15.8 Å². The molecule has 144 valence electrons. The monoisotopic (exact) mass is 399 g/mol. The fourth-order valence-electron chi connectivity index (χ4n) is 2.28. The van der Waals surface area contributed by atoms with Crippen molar-refractivity contribution in [2.24, 2.45) is 0 Å². The topological polar surface area (TPSA) is 137 Å². The van der Waals surface area contributed by atoms with Gasteiger partial charge in [0.15, 0.2) is 22.3 Å². The summed E-state index contributed by atoms with van der Waals surface area (Å²) in [5, 5.41) is 2.98. The van der Waals surface area contributed by atoms with Gasteiger partial charge in [0.2, 0.25) is 11.9 Å². The number of carbonyl (C=O) groups excluding carboxylic acids is 1. The molecule has 3 rings (SSSR count). The van der Waals surface area contributed by atoms with Crippen molar-refractivity contribution >= 4 is 33.4 Å². The first-order chi connectivity index (χ1) is 13.3. The fourth-order valence-corrected chi connectivity index (χ4v) is 2.94. The van der Waals surface area contributed by atoms with Gasteiger partial charge in [0, 0.05) is 11.9 Å². The van der Waals surface area contributed by atoms with E-state index in [0.717, 1.165) is 11.9 Å². The van der Waals surface area contributed by atoms with Crippen molar-refractivity contribution in [2.75, 3.05) is 17.3 Å². The molecule has 3 aromatic rings. The largest absolute Gasteiger partial charge is 0.454 e. The SMILES string of the molecule is CS(=O)(=O)c1cccc(C(=O)OCc2nc(N)nc(Nc3ccccc3)n2)c1. The number of nitrogens with zero attached hydrogens (tertiary/aromatic N) is 3. The predicted octanol–water partition coefficient (Wildman–Crippen LogP) is 1.96. The number of aromatic nitrogens is 3.